The van der Waals surface area contributed by atoms with E-state index in [0.29, 0.717) is 28.0 Å². The average Bonchev–Trinajstić information content (AvgIpc) is 3.03. The summed E-state index contributed by atoms with van der Waals surface area (Å²) in [4.78, 5) is 27.8. The molecule has 5 nitrogen and oxygen atoms in total. The predicted octanol–water partition coefficient (Wildman–Crippen LogP) is 5.38. The molecule has 7 heteroatoms. The van der Waals surface area contributed by atoms with Gasteiger partial charge in [-0.2, -0.15) is 0 Å². The van der Waals surface area contributed by atoms with Crippen LogP contribution in [0, 0.1) is 12.3 Å². The summed E-state index contributed by atoms with van der Waals surface area (Å²) in [5, 5.41) is 4.32. The molecular formula is C22H27ClN2O3S. The van der Waals surface area contributed by atoms with E-state index in [1.807, 2.05) is 62.9 Å². The number of nitrogens with zero attached hydrogens (tertiary/aromatic N) is 1. The number of hydrogen-bond acceptors (Lipinski definition) is 4. The molecule has 0 radical (unpaired) electrons. The van der Waals surface area contributed by atoms with Gasteiger partial charge in [0, 0.05) is 36.4 Å². The molecule has 1 aliphatic heterocycles. The third-order valence-electron chi connectivity index (χ3n) is 4.88. The quantitative estimate of drug-likeness (QED) is 0.702. The molecule has 29 heavy (non-hydrogen) atoms. The van der Waals surface area contributed by atoms with Crippen molar-refractivity contribution in [3.63, 3.8) is 0 Å². The van der Waals surface area contributed by atoms with Gasteiger partial charge >= 0.3 is 0 Å². The number of thiophene rings is 1. The fraction of sp³-hybridized carbons (Fsp3) is 0.455. The summed E-state index contributed by atoms with van der Waals surface area (Å²) in [5.41, 5.74) is 0.414. The summed E-state index contributed by atoms with van der Waals surface area (Å²) in [7, 11) is 0. The maximum Gasteiger partial charge on any atom is 0.264 e. The number of aryl methyl sites for hydroxylation is 1. The SMILES string of the molecule is Cc1cc(NC(=O)C(C)(C)C)sc1C(=O)N1CCC(Oc2ccc(Cl)cc2)CC1. The zero-order chi connectivity index (χ0) is 21.2. The van der Waals surface area contributed by atoms with Crippen LogP contribution in [0.25, 0.3) is 0 Å². The molecule has 1 saturated heterocycles. The van der Waals surface area contributed by atoms with Crippen LogP contribution < -0.4 is 10.1 Å². The second-order valence-corrected chi connectivity index (χ2v) is 9.88. The minimum atomic E-state index is -0.478. The van der Waals surface area contributed by atoms with Crippen LogP contribution >= 0.6 is 22.9 Å². The lowest BCUT2D eigenvalue weighted by Crippen LogP contribution is -2.41. The van der Waals surface area contributed by atoms with Crippen molar-refractivity contribution in [3.05, 3.63) is 45.8 Å². The number of anilines is 1. The van der Waals surface area contributed by atoms with Crippen molar-refractivity contribution in [1.82, 2.24) is 4.90 Å². The molecule has 0 unspecified atom stereocenters. The van der Waals surface area contributed by atoms with Crippen LogP contribution in [0.1, 0.15) is 48.8 Å². The molecule has 0 spiro atoms. The van der Waals surface area contributed by atoms with Crippen LogP contribution in [0.15, 0.2) is 30.3 Å². The van der Waals surface area contributed by atoms with Gasteiger partial charge in [0.1, 0.15) is 11.9 Å². The van der Waals surface area contributed by atoms with E-state index in [2.05, 4.69) is 5.32 Å². The number of ether oxygens (including phenoxy) is 1. The Balaban J connectivity index is 1.58. The smallest absolute Gasteiger partial charge is 0.264 e. The highest BCUT2D eigenvalue weighted by molar-refractivity contribution is 7.18. The number of amides is 2. The Morgan fingerprint density at radius 3 is 2.38 bits per heavy atom. The van der Waals surface area contributed by atoms with Gasteiger partial charge < -0.3 is 15.0 Å². The normalized spacial score (nSPS) is 15.3. The van der Waals surface area contributed by atoms with Gasteiger partial charge in [-0.25, -0.2) is 0 Å². The third kappa shape index (κ3) is 5.52. The summed E-state index contributed by atoms with van der Waals surface area (Å²) < 4.78 is 6.01. The molecule has 3 rings (SSSR count). The summed E-state index contributed by atoms with van der Waals surface area (Å²) in [6, 6.07) is 9.22. The van der Waals surface area contributed by atoms with E-state index >= 15 is 0 Å². The number of piperidine rings is 1. The summed E-state index contributed by atoms with van der Waals surface area (Å²) in [6.07, 6.45) is 1.66. The van der Waals surface area contributed by atoms with E-state index < -0.39 is 5.41 Å². The number of carbonyl (C=O) groups excluding carboxylic acids is 2. The topological polar surface area (TPSA) is 58.6 Å². The maximum absolute atomic E-state index is 13.0. The molecule has 1 fully saturated rings. The molecule has 0 bridgehead atoms. The molecule has 1 N–H and O–H groups in total. The molecule has 2 amide bonds. The van der Waals surface area contributed by atoms with Gasteiger partial charge in [0.2, 0.25) is 5.91 Å². The van der Waals surface area contributed by atoms with E-state index in [1.165, 1.54) is 11.3 Å². The third-order valence-corrected chi connectivity index (χ3v) is 6.27. The molecular weight excluding hydrogens is 408 g/mol. The number of carbonyl (C=O) groups is 2. The molecule has 156 valence electrons. The first-order valence-corrected chi connectivity index (χ1v) is 11.0. The van der Waals surface area contributed by atoms with Gasteiger partial charge in [0.15, 0.2) is 0 Å². The molecule has 0 aliphatic carbocycles. The Bertz CT molecular complexity index is 878. The molecule has 2 aromatic rings. The molecule has 0 saturated carbocycles. The first-order chi connectivity index (χ1) is 13.6. The average molecular weight is 435 g/mol. The van der Waals surface area contributed by atoms with Gasteiger partial charge in [0.25, 0.3) is 5.91 Å². The first-order valence-electron chi connectivity index (χ1n) is 9.77. The molecule has 0 atom stereocenters. The summed E-state index contributed by atoms with van der Waals surface area (Å²) in [6.45, 7) is 8.81. The van der Waals surface area contributed by atoms with Gasteiger partial charge in [-0.1, -0.05) is 32.4 Å². The van der Waals surface area contributed by atoms with Gasteiger partial charge in [-0.05, 0) is 42.8 Å². The number of benzene rings is 1. The Morgan fingerprint density at radius 2 is 1.79 bits per heavy atom. The molecule has 2 heterocycles. The zero-order valence-corrected chi connectivity index (χ0v) is 18.8. The van der Waals surface area contributed by atoms with E-state index in [4.69, 9.17) is 16.3 Å². The zero-order valence-electron chi connectivity index (χ0n) is 17.3. The van der Waals surface area contributed by atoms with E-state index in [-0.39, 0.29) is 17.9 Å². The van der Waals surface area contributed by atoms with Crippen molar-refractivity contribution in [2.75, 3.05) is 18.4 Å². The van der Waals surface area contributed by atoms with E-state index in [0.717, 1.165) is 24.2 Å². The lowest BCUT2D eigenvalue weighted by atomic mass is 9.96. The lowest BCUT2D eigenvalue weighted by Gasteiger charge is -2.32. The van der Waals surface area contributed by atoms with Crippen LogP contribution in [-0.4, -0.2) is 35.9 Å². The van der Waals surface area contributed by atoms with E-state index in [9.17, 15) is 9.59 Å². The summed E-state index contributed by atoms with van der Waals surface area (Å²) >= 11 is 7.25. The number of halogens is 1. The second kappa shape index (κ2) is 8.76. The lowest BCUT2D eigenvalue weighted by molar-refractivity contribution is -0.123. The van der Waals surface area contributed by atoms with Crippen LogP contribution in [0.5, 0.6) is 5.75 Å². The standard InChI is InChI=1S/C22H27ClN2O3S/c1-14-13-18(24-21(27)22(2,3)4)29-19(14)20(26)25-11-9-17(10-12-25)28-16-7-5-15(23)6-8-16/h5-8,13,17H,9-12H2,1-4H3,(H,24,27). The fourth-order valence-electron chi connectivity index (χ4n) is 3.08. The molecule has 1 aromatic heterocycles. The Morgan fingerprint density at radius 1 is 1.17 bits per heavy atom. The highest BCUT2D eigenvalue weighted by atomic mass is 35.5. The van der Waals surface area contributed by atoms with Crippen molar-refractivity contribution >= 4 is 39.8 Å². The van der Waals surface area contributed by atoms with Gasteiger partial charge in [-0.3, -0.25) is 9.59 Å². The minimum absolute atomic E-state index is 0.0219. The van der Waals surface area contributed by atoms with Gasteiger partial charge in [-0.15, -0.1) is 11.3 Å². The number of likely N-dealkylation sites (tertiary alicyclic amines) is 1. The van der Waals surface area contributed by atoms with Crippen molar-refractivity contribution in [3.8, 4) is 5.75 Å². The maximum atomic E-state index is 13.0. The highest BCUT2D eigenvalue weighted by Gasteiger charge is 2.28. The number of nitrogens with one attached hydrogen (secondary N) is 1. The number of rotatable bonds is 4. The van der Waals surface area contributed by atoms with Gasteiger partial charge in [0.05, 0.1) is 9.88 Å². The minimum Gasteiger partial charge on any atom is -0.490 e. The van der Waals surface area contributed by atoms with Crippen LogP contribution in [-0.2, 0) is 4.79 Å². The van der Waals surface area contributed by atoms with Crippen molar-refractivity contribution in [1.29, 1.82) is 0 Å². The predicted molar refractivity (Wildman–Crippen MR) is 118 cm³/mol. The number of hydrogen-bond donors (Lipinski definition) is 1. The fourth-order valence-corrected chi connectivity index (χ4v) is 4.24. The molecule has 1 aromatic carbocycles. The Kier molecular flexibility index (Phi) is 6.54. The molecule has 1 aliphatic rings. The van der Waals surface area contributed by atoms with Crippen LogP contribution in [0.2, 0.25) is 5.02 Å². The monoisotopic (exact) mass is 434 g/mol. The van der Waals surface area contributed by atoms with E-state index in [1.54, 1.807) is 0 Å². The van der Waals surface area contributed by atoms with Crippen molar-refractivity contribution in [2.45, 2.75) is 46.6 Å². The summed E-state index contributed by atoms with van der Waals surface area (Å²) in [5.74, 6) is 0.763. The second-order valence-electron chi connectivity index (χ2n) is 8.39. The van der Waals surface area contributed by atoms with Crippen LogP contribution in [0.4, 0.5) is 5.00 Å². The Labute approximate surface area is 181 Å². The van der Waals surface area contributed by atoms with Crippen molar-refractivity contribution < 1.29 is 14.3 Å². The van der Waals surface area contributed by atoms with Crippen molar-refractivity contribution in [2.24, 2.45) is 5.41 Å². The highest BCUT2D eigenvalue weighted by Crippen LogP contribution is 2.30. The first kappa shape index (κ1) is 21.7. The largest absolute Gasteiger partial charge is 0.490 e. The Hall–Kier alpha value is -2.05. The van der Waals surface area contributed by atoms with Crippen LogP contribution in [0.3, 0.4) is 0 Å².